The van der Waals surface area contributed by atoms with Gasteiger partial charge in [-0.1, -0.05) is 206 Å². The van der Waals surface area contributed by atoms with Gasteiger partial charge in [0.05, 0.1) is 27.5 Å². The molecule has 1 aliphatic carbocycles. The first-order valence-corrected chi connectivity index (χ1v) is 26.3. The van der Waals surface area contributed by atoms with E-state index >= 15 is 0 Å². The molecule has 12 aromatic carbocycles. The summed E-state index contributed by atoms with van der Waals surface area (Å²) in [5.74, 6) is 0. The van der Waals surface area contributed by atoms with Crippen molar-refractivity contribution in [3.8, 4) is 44.8 Å². The number of hydrogen-bond acceptors (Lipinski definition) is 1. The highest BCUT2D eigenvalue weighted by atomic mass is 15.1. The van der Waals surface area contributed by atoms with Crippen molar-refractivity contribution in [2.75, 3.05) is 4.90 Å². The van der Waals surface area contributed by atoms with E-state index in [1.807, 2.05) is 0 Å². The van der Waals surface area contributed by atoms with Crippen LogP contribution in [0.15, 0.2) is 297 Å². The van der Waals surface area contributed by atoms with Gasteiger partial charge in [-0.15, -0.1) is 0 Å². The Morgan fingerprint density at radius 2 is 0.724 bits per heavy atom. The number of rotatable bonds is 9. The smallest absolute Gasteiger partial charge is 0.0714 e. The Balaban J connectivity index is 0.892. The molecule has 3 nitrogen and oxygen atoms in total. The van der Waals surface area contributed by atoms with Crippen molar-refractivity contribution in [1.82, 2.24) is 9.13 Å². The molecule has 356 valence electrons. The van der Waals surface area contributed by atoms with Gasteiger partial charge < -0.3 is 14.0 Å². The zero-order chi connectivity index (χ0) is 50.2. The first kappa shape index (κ1) is 43.6. The van der Waals surface area contributed by atoms with E-state index < -0.39 is 5.41 Å². The van der Waals surface area contributed by atoms with Crippen LogP contribution in [0.25, 0.3) is 88.4 Å². The summed E-state index contributed by atoms with van der Waals surface area (Å²) in [6.07, 6.45) is 0. The van der Waals surface area contributed by atoms with Gasteiger partial charge in [0.2, 0.25) is 0 Å². The van der Waals surface area contributed by atoms with Crippen LogP contribution in [0.1, 0.15) is 22.3 Å². The molecule has 0 atom stereocenters. The average molecular weight is 968 g/mol. The molecule has 15 rings (SSSR count). The van der Waals surface area contributed by atoms with Gasteiger partial charge >= 0.3 is 0 Å². The number of aromatic nitrogens is 2. The van der Waals surface area contributed by atoms with E-state index in [1.165, 1.54) is 82.6 Å². The predicted molar refractivity (Wildman–Crippen MR) is 318 cm³/mol. The molecule has 2 heterocycles. The van der Waals surface area contributed by atoms with Gasteiger partial charge in [0, 0.05) is 55.5 Å². The van der Waals surface area contributed by atoms with E-state index in [0.29, 0.717) is 0 Å². The van der Waals surface area contributed by atoms with Gasteiger partial charge in [-0.2, -0.15) is 0 Å². The standard InChI is InChI=1S/C73H49N3/c1-5-21-53(22-6-1)73(54-23-7-2-8-24-54)67-33-17-13-29-60(67)61-46-45-59(49-68(61)73)74(55-25-9-3-10-26-55)57-41-37-50(38-42-57)52-47-65(72-66(48-52)64-32-16-20-36-71(64)76(72)56-27-11-4-12-28-56)51-39-43-58(44-40-51)75-69-34-18-14-30-62(69)63-31-15-19-35-70(63)75/h1-49H. The molecular weight excluding hydrogens is 919 g/mol. The maximum atomic E-state index is 2.45. The van der Waals surface area contributed by atoms with Crippen molar-refractivity contribution >= 4 is 60.7 Å². The molecule has 3 heteroatoms. The van der Waals surface area contributed by atoms with Gasteiger partial charge in [-0.25, -0.2) is 0 Å². The number of para-hydroxylation sites is 5. The summed E-state index contributed by atoms with van der Waals surface area (Å²) >= 11 is 0. The Morgan fingerprint density at radius 3 is 1.36 bits per heavy atom. The molecule has 0 saturated carbocycles. The van der Waals surface area contributed by atoms with Crippen molar-refractivity contribution in [1.29, 1.82) is 0 Å². The molecule has 0 radical (unpaired) electrons. The fourth-order valence-corrected chi connectivity index (χ4v) is 12.7. The lowest BCUT2D eigenvalue weighted by atomic mass is 9.67. The fourth-order valence-electron chi connectivity index (χ4n) is 12.7. The monoisotopic (exact) mass is 967 g/mol. The van der Waals surface area contributed by atoms with Gasteiger partial charge in [0.1, 0.15) is 0 Å². The highest BCUT2D eigenvalue weighted by molar-refractivity contribution is 6.15. The molecule has 14 aromatic rings. The van der Waals surface area contributed by atoms with Crippen LogP contribution in [0.2, 0.25) is 0 Å². The van der Waals surface area contributed by atoms with Crippen LogP contribution in [0.3, 0.4) is 0 Å². The van der Waals surface area contributed by atoms with E-state index in [0.717, 1.165) is 45.1 Å². The number of anilines is 3. The lowest BCUT2D eigenvalue weighted by molar-refractivity contribution is 0.768. The third kappa shape index (κ3) is 6.69. The second-order valence-corrected chi connectivity index (χ2v) is 20.0. The molecule has 1 aliphatic rings. The summed E-state index contributed by atoms with van der Waals surface area (Å²) in [6.45, 7) is 0. The Bertz CT molecular complexity index is 4380. The number of hydrogen-bond donors (Lipinski definition) is 0. The molecular formula is C73H49N3. The Hall–Kier alpha value is -9.96. The molecule has 0 saturated heterocycles. The average Bonchev–Trinajstić information content (AvgIpc) is 4.22. The summed E-state index contributed by atoms with van der Waals surface area (Å²) in [4.78, 5) is 2.41. The molecule has 2 aromatic heterocycles. The van der Waals surface area contributed by atoms with Crippen LogP contribution in [0.5, 0.6) is 0 Å². The molecule has 0 N–H and O–H groups in total. The summed E-state index contributed by atoms with van der Waals surface area (Å²) < 4.78 is 4.84. The normalized spacial score (nSPS) is 12.6. The van der Waals surface area contributed by atoms with E-state index in [1.54, 1.807) is 0 Å². The van der Waals surface area contributed by atoms with Crippen molar-refractivity contribution in [3.63, 3.8) is 0 Å². The molecule has 0 fully saturated rings. The summed E-state index contributed by atoms with van der Waals surface area (Å²) in [7, 11) is 0. The Morgan fingerprint density at radius 1 is 0.263 bits per heavy atom. The SMILES string of the molecule is c1ccc(N(c2ccc(-c3cc(-c4ccc(-n5c6ccccc6c6ccccc65)cc4)c4c(c3)c3ccccc3n4-c3ccccc3)cc2)c2ccc3c(c2)C(c2ccccc2)(c2ccccc2)c2ccccc2-3)cc1. The summed E-state index contributed by atoms with van der Waals surface area (Å²) in [5.41, 5.74) is 22.1. The number of fused-ring (bicyclic) bond motifs is 9. The van der Waals surface area contributed by atoms with E-state index in [4.69, 9.17) is 0 Å². The lowest BCUT2D eigenvalue weighted by Gasteiger charge is -2.35. The minimum absolute atomic E-state index is 0.512. The second kappa shape index (κ2) is 17.6. The van der Waals surface area contributed by atoms with Crippen molar-refractivity contribution < 1.29 is 0 Å². The first-order valence-electron chi connectivity index (χ1n) is 26.3. The van der Waals surface area contributed by atoms with Crippen LogP contribution in [-0.2, 0) is 5.41 Å². The number of benzene rings is 12. The lowest BCUT2D eigenvalue weighted by Crippen LogP contribution is -2.28. The van der Waals surface area contributed by atoms with E-state index in [9.17, 15) is 0 Å². The molecule has 0 aliphatic heterocycles. The summed E-state index contributed by atoms with van der Waals surface area (Å²) in [6, 6.07) is 109. The zero-order valence-electron chi connectivity index (χ0n) is 41.6. The van der Waals surface area contributed by atoms with E-state index in [-0.39, 0.29) is 0 Å². The Labute approximate surface area is 442 Å². The molecule has 0 amide bonds. The second-order valence-electron chi connectivity index (χ2n) is 20.0. The fraction of sp³-hybridized carbons (Fsp3) is 0.0137. The largest absolute Gasteiger partial charge is 0.310 e. The Kier molecular flexibility index (Phi) is 10.1. The maximum Gasteiger partial charge on any atom is 0.0714 e. The van der Waals surface area contributed by atoms with Crippen LogP contribution >= 0.6 is 0 Å². The minimum Gasteiger partial charge on any atom is -0.310 e. The first-order chi connectivity index (χ1) is 37.7. The quantitative estimate of drug-likeness (QED) is 0.140. The third-order valence-corrected chi connectivity index (χ3v) is 16.0. The van der Waals surface area contributed by atoms with Crippen LogP contribution < -0.4 is 4.90 Å². The molecule has 0 spiro atoms. The minimum atomic E-state index is -0.512. The van der Waals surface area contributed by atoms with Crippen molar-refractivity contribution in [2.45, 2.75) is 5.41 Å². The number of nitrogens with zero attached hydrogens (tertiary/aromatic N) is 3. The third-order valence-electron chi connectivity index (χ3n) is 16.0. The highest BCUT2D eigenvalue weighted by Gasteiger charge is 2.46. The van der Waals surface area contributed by atoms with Gasteiger partial charge in [-0.3, -0.25) is 0 Å². The van der Waals surface area contributed by atoms with E-state index in [2.05, 4.69) is 311 Å². The molecule has 76 heavy (non-hydrogen) atoms. The van der Waals surface area contributed by atoms with Gasteiger partial charge in [-0.05, 0) is 141 Å². The summed E-state index contributed by atoms with van der Waals surface area (Å²) in [5, 5.41) is 4.95. The molecule has 0 unspecified atom stereocenters. The van der Waals surface area contributed by atoms with Crippen molar-refractivity contribution in [3.05, 3.63) is 320 Å². The van der Waals surface area contributed by atoms with Crippen LogP contribution in [0, 0.1) is 0 Å². The van der Waals surface area contributed by atoms with Crippen LogP contribution in [-0.4, -0.2) is 9.13 Å². The van der Waals surface area contributed by atoms with Gasteiger partial charge in [0.15, 0.2) is 0 Å². The van der Waals surface area contributed by atoms with Crippen LogP contribution in [0.4, 0.5) is 17.1 Å². The molecule has 0 bridgehead atoms. The topological polar surface area (TPSA) is 13.1 Å². The van der Waals surface area contributed by atoms with Gasteiger partial charge in [0.25, 0.3) is 0 Å². The maximum absolute atomic E-state index is 2.45. The van der Waals surface area contributed by atoms with Crippen molar-refractivity contribution in [2.24, 2.45) is 0 Å². The zero-order valence-corrected chi connectivity index (χ0v) is 41.6. The predicted octanol–water partition coefficient (Wildman–Crippen LogP) is 19.0. The highest BCUT2D eigenvalue weighted by Crippen LogP contribution is 2.57.